The highest BCUT2D eigenvalue weighted by atomic mass is 32.2. The van der Waals surface area contributed by atoms with E-state index in [4.69, 9.17) is 5.73 Å². The molecule has 2 heterocycles. The van der Waals surface area contributed by atoms with Gasteiger partial charge in [0.05, 0.1) is 24.3 Å². The number of amides is 3. The third-order valence-corrected chi connectivity index (χ3v) is 5.70. The van der Waals surface area contributed by atoms with Crippen LogP contribution in [-0.2, 0) is 24.4 Å². The molecule has 0 unspecified atom stereocenters. The van der Waals surface area contributed by atoms with Crippen molar-refractivity contribution in [2.75, 3.05) is 12.8 Å². The molecule has 0 spiro atoms. The lowest BCUT2D eigenvalue weighted by atomic mass is 9.94. The Bertz CT molecular complexity index is 618. The molecule has 130 valence electrons. The van der Waals surface area contributed by atoms with Crippen molar-refractivity contribution in [1.82, 2.24) is 9.21 Å². The molecular formula is C14H23N3O5S. The molecule has 3 amide bonds. The molecule has 2 aliphatic rings. The molecule has 0 bridgehead atoms. The molecule has 8 nitrogen and oxygen atoms in total. The van der Waals surface area contributed by atoms with Crippen LogP contribution < -0.4 is 5.73 Å². The van der Waals surface area contributed by atoms with Gasteiger partial charge in [0.25, 0.3) is 0 Å². The van der Waals surface area contributed by atoms with E-state index in [1.165, 1.54) is 0 Å². The summed E-state index contributed by atoms with van der Waals surface area (Å²) in [5.41, 5.74) is 5.07. The summed E-state index contributed by atoms with van der Waals surface area (Å²) < 4.78 is 24.9. The number of nitrogens with two attached hydrogens (primary N) is 1. The van der Waals surface area contributed by atoms with Crippen LogP contribution in [-0.4, -0.2) is 60.2 Å². The van der Waals surface area contributed by atoms with Gasteiger partial charge in [-0.15, -0.1) is 0 Å². The Morgan fingerprint density at radius 2 is 1.96 bits per heavy atom. The summed E-state index contributed by atoms with van der Waals surface area (Å²) in [6.07, 6.45) is 2.66. The van der Waals surface area contributed by atoms with E-state index >= 15 is 0 Å². The van der Waals surface area contributed by atoms with E-state index in [0.717, 1.165) is 17.0 Å². The predicted molar refractivity (Wildman–Crippen MR) is 82.4 cm³/mol. The summed E-state index contributed by atoms with van der Waals surface area (Å²) in [7, 11) is -3.66. The van der Waals surface area contributed by atoms with Crippen molar-refractivity contribution in [3.63, 3.8) is 0 Å². The summed E-state index contributed by atoms with van der Waals surface area (Å²) in [5.74, 6) is -1.73. The lowest BCUT2D eigenvalue weighted by molar-refractivity contribution is -0.135. The minimum atomic E-state index is -3.66. The number of hydrogen-bond acceptors (Lipinski definition) is 5. The number of sulfonamides is 1. The fourth-order valence-electron chi connectivity index (χ4n) is 3.69. The molecule has 2 aliphatic heterocycles. The van der Waals surface area contributed by atoms with Gasteiger partial charge < -0.3 is 10.6 Å². The van der Waals surface area contributed by atoms with Gasteiger partial charge in [0, 0.05) is 19.4 Å². The SMILES string of the molecule is CCC[C@H]1C(=O)N(S(C)(=O)=O)[C@H]2CCN(C(=O)CCC(N)=O)[C@H]12. The summed E-state index contributed by atoms with van der Waals surface area (Å²) in [5, 5.41) is 0. The topological polar surface area (TPSA) is 118 Å². The molecule has 0 saturated carbocycles. The van der Waals surface area contributed by atoms with E-state index in [2.05, 4.69) is 0 Å². The van der Waals surface area contributed by atoms with Crippen LogP contribution in [0.25, 0.3) is 0 Å². The highest BCUT2D eigenvalue weighted by molar-refractivity contribution is 7.88. The van der Waals surface area contributed by atoms with Gasteiger partial charge in [-0.3, -0.25) is 14.4 Å². The average Bonchev–Trinajstić information content (AvgIpc) is 2.95. The zero-order valence-corrected chi connectivity index (χ0v) is 14.2. The minimum absolute atomic E-state index is 0.00946. The predicted octanol–water partition coefficient (Wildman–Crippen LogP) is -0.560. The van der Waals surface area contributed by atoms with Crippen molar-refractivity contribution in [1.29, 1.82) is 0 Å². The maximum absolute atomic E-state index is 12.5. The van der Waals surface area contributed by atoms with Crippen LogP contribution >= 0.6 is 0 Å². The van der Waals surface area contributed by atoms with Crippen LogP contribution in [0, 0.1) is 5.92 Å². The van der Waals surface area contributed by atoms with Crippen molar-refractivity contribution < 1.29 is 22.8 Å². The van der Waals surface area contributed by atoms with Gasteiger partial charge in [-0.1, -0.05) is 13.3 Å². The van der Waals surface area contributed by atoms with Gasteiger partial charge >= 0.3 is 0 Å². The second-order valence-corrected chi connectivity index (χ2v) is 8.05. The first-order chi connectivity index (χ1) is 10.7. The maximum atomic E-state index is 12.5. The van der Waals surface area contributed by atoms with Gasteiger partial charge in [-0.25, -0.2) is 12.7 Å². The van der Waals surface area contributed by atoms with E-state index in [1.54, 1.807) is 4.90 Å². The summed E-state index contributed by atoms with van der Waals surface area (Å²) in [6.45, 7) is 2.31. The standard InChI is InChI=1S/C14H23N3O5S/c1-3-4-9-13-10(17(14(9)20)23(2,21)22)7-8-16(13)12(19)6-5-11(15)18/h9-10,13H,3-8H2,1-2H3,(H2,15,18)/t9-,10+,13-/m1/s1. The molecule has 0 radical (unpaired) electrons. The van der Waals surface area contributed by atoms with Crippen LogP contribution in [0.2, 0.25) is 0 Å². The Morgan fingerprint density at radius 1 is 1.30 bits per heavy atom. The number of nitrogens with zero attached hydrogens (tertiary/aromatic N) is 2. The Labute approximate surface area is 136 Å². The highest BCUT2D eigenvalue weighted by Crippen LogP contribution is 2.40. The van der Waals surface area contributed by atoms with E-state index < -0.39 is 39.8 Å². The average molecular weight is 345 g/mol. The molecule has 0 aromatic rings. The summed E-state index contributed by atoms with van der Waals surface area (Å²) in [6, 6.07) is -0.927. The van der Waals surface area contributed by atoms with Crippen molar-refractivity contribution in [2.24, 2.45) is 11.7 Å². The Morgan fingerprint density at radius 3 is 2.48 bits per heavy atom. The van der Waals surface area contributed by atoms with Gasteiger partial charge in [-0.05, 0) is 12.8 Å². The second kappa shape index (κ2) is 6.46. The van der Waals surface area contributed by atoms with Crippen molar-refractivity contribution in [2.45, 2.75) is 51.1 Å². The van der Waals surface area contributed by atoms with Crippen LogP contribution in [0.15, 0.2) is 0 Å². The second-order valence-electron chi connectivity index (χ2n) is 6.19. The van der Waals surface area contributed by atoms with Crippen molar-refractivity contribution >= 4 is 27.7 Å². The minimum Gasteiger partial charge on any atom is -0.370 e. The smallest absolute Gasteiger partial charge is 0.241 e. The van der Waals surface area contributed by atoms with Crippen LogP contribution in [0.5, 0.6) is 0 Å². The zero-order chi connectivity index (χ0) is 17.4. The van der Waals surface area contributed by atoms with E-state index in [0.29, 0.717) is 19.4 Å². The van der Waals surface area contributed by atoms with E-state index in [1.807, 2.05) is 6.92 Å². The van der Waals surface area contributed by atoms with Gasteiger partial charge in [-0.2, -0.15) is 0 Å². The van der Waals surface area contributed by atoms with Crippen LogP contribution in [0.3, 0.4) is 0 Å². The summed E-state index contributed by atoms with van der Waals surface area (Å²) >= 11 is 0. The quantitative estimate of drug-likeness (QED) is 0.692. The molecule has 9 heteroatoms. The number of carbonyl (C=O) groups excluding carboxylic acids is 3. The fraction of sp³-hybridized carbons (Fsp3) is 0.786. The normalized spacial score (nSPS) is 27.4. The summed E-state index contributed by atoms with van der Waals surface area (Å²) in [4.78, 5) is 37.3. The first kappa shape index (κ1) is 17.7. The molecule has 3 atom stereocenters. The molecular weight excluding hydrogens is 322 g/mol. The number of likely N-dealkylation sites (tertiary alicyclic amines) is 1. The highest BCUT2D eigenvalue weighted by Gasteiger charge is 2.56. The number of hydrogen-bond donors (Lipinski definition) is 1. The number of primary amides is 1. The Balaban J connectivity index is 2.26. The van der Waals surface area contributed by atoms with Crippen LogP contribution in [0.1, 0.15) is 39.0 Å². The fourth-order valence-corrected chi connectivity index (χ4v) is 4.88. The van der Waals surface area contributed by atoms with Crippen LogP contribution in [0.4, 0.5) is 0 Å². The Hall–Kier alpha value is -1.64. The largest absolute Gasteiger partial charge is 0.370 e. The van der Waals surface area contributed by atoms with E-state index in [9.17, 15) is 22.8 Å². The molecule has 2 fully saturated rings. The van der Waals surface area contributed by atoms with Gasteiger partial charge in [0.2, 0.25) is 27.7 Å². The Kier molecular flexibility index (Phi) is 4.98. The number of carbonyl (C=O) groups is 3. The molecule has 0 aromatic carbocycles. The maximum Gasteiger partial charge on any atom is 0.241 e. The lowest BCUT2D eigenvalue weighted by Gasteiger charge is -2.27. The van der Waals surface area contributed by atoms with Gasteiger partial charge in [0.1, 0.15) is 0 Å². The molecule has 23 heavy (non-hydrogen) atoms. The first-order valence-corrected chi connectivity index (χ1v) is 9.64. The van der Waals surface area contributed by atoms with Crippen molar-refractivity contribution in [3.05, 3.63) is 0 Å². The zero-order valence-electron chi connectivity index (χ0n) is 13.4. The van der Waals surface area contributed by atoms with E-state index in [-0.39, 0.29) is 18.7 Å². The third kappa shape index (κ3) is 3.34. The molecule has 2 rings (SSSR count). The number of fused-ring (bicyclic) bond motifs is 1. The monoisotopic (exact) mass is 345 g/mol. The number of rotatable bonds is 6. The molecule has 0 aromatic heterocycles. The molecule has 2 N–H and O–H groups in total. The first-order valence-electron chi connectivity index (χ1n) is 7.79. The molecule has 2 saturated heterocycles. The third-order valence-electron chi connectivity index (χ3n) is 4.53. The van der Waals surface area contributed by atoms with Crippen molar-refractivity contribution in [3.8, 4) is 0 Å². The van der Waals surface area contributed by atoms with Gasteiger partial charge in [0.15, 0.2) is 0 Å². The molecule has 0 aliphatic carbocycles. The lowest BCUT2D eigenvalue weighted by Crippen LogP contribution is -2.43.